The number of ether oxygens (including phenoxy) is 1. The quantitative estimate of drug-likeness (QED) is 0.337. The summed E-state index contributed by atoms with van der Waals surface area (Å²) in [4.78, 5) is 25.2. The molecule has 1 saturated heterocycles. The molecule has 0 bridgehead atoms. The first-order chi connectivity index (χ1) is 20.8. The van der Waals surface area contributed by atoms with E-state index in [1.165, 1.54) is 46.7 Å². The van der Waals surface area contributed by atoms with Crippen molar-refractivity contribution in [2.75, 3.05) is 20.2 Å². The average Bonchev–Trinajstić information content (AvgIpc) is 3.70. The van der Waals surface area contributed by atoms with Crippen molar-refractivity contribution in [3.63, 3.8) is 0 Å². The summed E-state index contributed by atoms with van der Waals surface area (Å²) >= 11 is 0. The summed E-state index contributed by atoms with van der Waals surface area (Å²) in [6.07, 6.45) is 14.9. The molecule has 43 heavy (non-hydrogen) atoms. The van der Waals surface area contributed by atoms with Crippen molar-refractivity contribution < 1.29 is 19.4 Å². The minimum absolute atomic E-state index is 0.160. The normalized spacial score (nSPS) is 21.7. The summed E-state index contributed by atoms with van der Waals surface area (Å²) in [6, 6.07) is 13.7. The van der Waals surface area contributed by atoms with E-state index in [0.29, 0.717) is 11.8 Å². The Morgan fingerprint density at radius 1 is 1.16 bits per heavy atom. The lowest BCUT2D eigenvalue weighted by Crippen LogP contribution is -2.42. The average molecular weight is 581 g/mol. The van der Waals surface area contributed by atoms with Crippen LogP contribution < -0.4 is 5.32 Å². The highest BCUT2D eigenvalue weighted by Crippen LogP contribution is 2.44. The van der Waals surface area contributed by atoms with Crippen molar-refractivity contribution in [1.29, 1.82) is 0 Å². The fourth-order valence-electron chi connectivity index (χ4n) is 7.24. The molecule has 224 valence electrons. The van der Waals surface area contributed by atoms with Gasteiger partial charge < -0.3 is 20.1 Å². The van der Waals surface area contributed by atoms with Crippen molar-refractivity contribution in [2.45, 2.75) is 69.7 Å². The molecule has 1 aliphatic carbocycles. The van der Waals surface area contributed by atoms with Crippen LogP contribution in [0.1, 0.15) is 88.2 Å². The molecule has 3 aliphatic rings. The first kappa shape index (κ1) is 28.8. The number of likely N-dealkylation sites (tertiary alicyclic amines) is 1. The number of fused-ring (bicyclic) bond motifs is 1. The minimum Gasteiger partial charge on any atom is -0.478 e. The fourth-order valence-corrected chi connectivity index (χ4v) is 7.24. The number of carboxylic acids is 1. The SMILES string of the molecule is CCC1(c2cccc3c2C(Cc2ccc(C4CCN(C(=O)OC)CC4)cc2C)CC3)C=CC=C(n2cc(C(=O)O)cn2)N1. The molecule has 2 unspecified atom stereocenters. The van der Waals surface area contributed by atoms with E-state index in [4.69, 9.17) is 4.74 Å². The Bertz CT molecular complexity index is 1600. The zero-order chi connectivity index (χ0) is 30.1. The highest BCUT2D eigenvalue weighted by atomic mass is 16.5. The van der Waals surface area contributed by atoms with E-state index in [1.54, 1.807) is 15.8 Å². The van der Waals surface area contributed by atoms with Gasteiger partial charge in [0, 0.05) is 19.3 Å². The highest BCUT2D eigenvalue weighted by Gasteiger charge is 2.37. The van der Waals surface area contributed by atoms with Crippen LogP contribution in [-0.2, 0) is 23.1 Å². The number of aromatic nitrogens is 2. The first-order valence-corrected chi connectivity index (χ1v) is 15.3. The van der Waals surface area contributed by atoms with Gasteiger partial charge in [-0.25, -0.2) is 14.3 Å². The van der Waals surface area contributed by atoms with Gasteiger partial charge in [0.15, 0.2) is 0 Å². The second-order valence-corrected chi connectivity index (χ2v) is 12.1. The molecule has 0 spiro atoms. The number of dihydropyridines is 1. The van der Waals surface area contributed by atoms with Gasteiger partial charge in [-0.2, -0.15) is 5.10 Å². The molecule has 2 N–H and O–H groups in total. The van der Waals surface area contributed by atoms with Crippen molar-refractivity contribution >= 4 is 17.9 Å². The van der Waals surface area contributed by atoms with Crippen LogP contribution in [0.5, 0.6) is 0 Å². The number of hydrogen-bond acceptors (Lipinski definition) is 5. The molecule has 2 aliphatic heterocycles. The number of nitrogens with one attached hydrogen (secondary N) is 1. The molecule has 0 saturated carbocycles. The zero-order valence-electron chi connectivity index (χ0n) is 25.2. The van der Waals surface area contributed by atoms with Gasteiger partial charge in [-0.1, -0.05) is 55.5 Å². The molecular weight excluding hydrogens is 540 g/mol. The number of carboxylic acid groups (broad SMARTS) is 1. The lowest BCUT2D eigenvalue weighted by Gasteiger charge is -2.38. The topological polar surface area (TPSA) is 96.7 Å². The predicted molar refractivity (Wildman–Crippen MR) is 166 cm³/mol. The third-order valence-corrected chi connectivity index (χ3v) is 9.70. The van der Waals surface area contributed by atoms with Crippen molar-refractivity contribution in [1.82, 2.24) is 20.0 Å². The van der Waals surface area contributed by atoms with E-state index in [1.807, 2.05) is 6.08 Å². The Morgan fingerprint density at radius 2 is 1.98 bits per heavy atom. The van der Waals surface area contributed by atoms with Gasteiger partial charge in [-0.15, -0.1) is 0 Å². The van der Waals surface area contributed by atoms with Crippen molar-refractivity contribution in [2.24, 2.45) is 0 Å². The smallest absolute Gasteiger partial charge is 0.409 e. The Labute approximate surface area is 253 Å². The minimum atomic E-state index is -0.990. The number of aryl methyl sites for hydroxylation is 2. The molecule has 3 heterocycles. The number of piperidine rings is 1. The van der Waals surface area contributed by atoms with Crippen LogP contribution >= 0.6 is 0 Å². The van der Waals surface area contributed by atoms with Gasteiger partial charge in [0.25, 0.3) is 0 Å². The van der Waals surface area contributed by atoms with Crippen LogP contribution in [0.3, 0.4) is 0 Å². The predicted octanol–water partition coefficient (Wildman–Crippen LogP) is 6.37. The number of allylic oxidation sites excluding steroid dienone is 2. The summed E-state index contributed by atoms with van der Waals surface area (Å²) in [6.45, 7) is 5.89. The Hall–Kier alpha value is -4.33. The Kier molecular flexibility index (Phi) is 7.86. The molecule has 2 atom stereocenters. The number of nitrogens with zero attached hydrogens (tertiary/aromatic N) is 3. The largest absolute Gasteiger partial charge is 0.478 e. The maximum absolute atomic E-state index is 11.9. The molecule has 1 aromatic heterocycles. The van der Waals surface area contributed by atoms with E-state index in [2.05, 4.69) is 72.8 Å². The second kappa shape index (κ2) is 11.7. The molecular formula is C35H40N4O4. The van der Waals surface area contributed by atoms with Gasteiger partial charge in [0.05, 0.1) is 24.4 Å². The summed E-state index contributed by atoms with van der Waals surface area (Å²) in [5, 5.41) is 17.4. The van der Waals surface area contributed by atoms with Crippen LogP contribution in [0.15, 0.2) is 67.0 Å². The number of benzene rings is 2. The van der Waals surface area contributed by atoms with Crippen LogP contribution in [0.2, 0.25) is 0 Å². The number of carbonyl (C=O) groups is 2. The van der Waals surface area contributed by atoms with Gasteiger partial charge >= 0.3 is 12.1 Å². The van der Waals surface area contributed by atoms with Crippen molar-refractivity contribution in [3.05, 3.63) is 106 Å². The van der Waals surface area contributed by atoms with E-state index in [9.17, 15) is 14.7 Å². The van der Waals surface area contributed by atoms with Crippen LogP contribution in [0, 0.1) is 6.92 Å². The monoisotopic (exact) mass is 580 g/mol. The standard InChI is InChI=1S/C35H40N4O4/c1-4-35(16-6-9-31(37-35)39-22-29(21-36-39)33(40)41)30-8-5-7-25-10-13-28(32(25)30)20-26-11-12-27(19-23(26)2)24-14-17-38(18-15-24)34(42)43-3/h5-9,11-12,16,19,21-22,24,28,37H,4,10,13-15,17-18,20H2,1-3H3,(H,40,41). The maximum Gasteiger partial charge on any atom is 0.409 e. The molecule has 1 fully saturated rings. The van der Waals surface area contributed by atoms with Gasteiger partial charge in [0.1, 0.15) is 5.82 Å². The molecule has 3 aromatic rings. The molecule has 8 nitrogen and oxygen atoms in total. The number of aromatic carboxylic acids is 1. The summed E-state index contributed by atoms with van der Waals surface area (Å²) in [5.41, 5.74) is 7.96. The van der Waals surface area contributed by atoms with Crippen LogP contribution in [0.25, 0.3) is 5.82 Å². The van der Waals surface area contributed by atoms with E-state index in [0.717, 1.165) is 57.4 Å². The number of hydrogen-bond donors (Lipinski definition) is 2. The molecule has 6 rings (SSSR count). The lowest BCUT2D eigenvalue weighted by atomic mass is 9.78. The molecule has 8 heteroatoms. The van der Waals surface area contributed by atoms with Crippen LogP contribution in [0.4, 0.5) is 4.79 Å². The van der Waals surface area contributed by atoms with E-state index >= 15 is 0 Å². The number of amides is 1. The third-order valence-electron chi connectivity index (χ3n) is 9.70. The highest BCUT2D eigenvalue weighted by molar-refractivity contribution is 5.87. The molecule has 2 aromatic carbocycles. The fraction of sp³-hybridized carbons (Fsp3) is 0.400. The van der Waals surface area contributed by atoms with Gasteiger partial charge in [-0.05, 0) is 96.7 Å². The summed E-state index contributed by atoms with van der Waals surface area (Å²) in [7, 11) is 1.44. The van der Waals surface area contributed by atoms with Gasteiger partial charge in [0.2, 0.25) is 0 Å². The molecule has 1 amide bonds. The van der Waals surface area contributed by atoms with E-state index in [-0.39, 0.29) is 11.7 Å². The molecule has 0 radical (unpaired) electrons. The van der Waals surface area contributed by atoms with Gasteiger partial charge in [-0.3, -0.25) is 0 Å². The second-order valence-electron chi connectivity index (χ2n) is 12.1. The first-order valence-electron chi connectivity index (χ1n) is 15.3. The summed E-state index contributed by atoms with van der Waals surface area (Å²) in [5.74, 6) is 0.642. The zero-order valence-corrected chi connectivity index (χ0v) is 25.2. The van der Waals surface area contributed by atoms with Crippen LogP contribution in [-0.4, -0.2) is 52.0 Å². The summed E-state index contributed by atoms with van der Waals surface area (Å²) < 4.78 is 6.51. The third kappa shape index (κ3) is 5.46. The Balaban J connectivity index is 1.23. The number of methoxy groups -OCH3 is 1. The van der Waals surface area contributed by atoms with Crippen molar-refractivity contribution in [3.8, 4) is 0 Å². The number of carbonyl (C=O) groups excluding carboxylic acids is 1. The van der Waals surface area contributed by atoms with E-state index < -0.39 is 11.5 Å². The lowest BCUT2D eigenvalue weighted by molar-refractivity contribution is 0.0696. The number of rotatable bonds is 7. The maximum atomic E-state index is 11.9. The Morgan fingerprint density at radius 3 is 2.67 bits per heavy atom.